The van der Waals surface area contributed by atoms with Gasteiger partial charge in [0, 0.05) is 0 Å². The van der Waals surface area contributed by atoms with Crippen molar-refractivity contribution in [2.45, 2.75) is 61.3 Å². The van der Waals surface area contributed by atoms with Crippen LogP contribution in [0.25, 0.3) is 0 Å². The van der Waals surface area contributed by atoms with Gasteiger partial charge in [0.1, 0.15) is 36.6 Å². The highest BCUT2D eigenvalue weighted by molar-refractivity contribution is 5.85. The summed E-state index contributed by atoms with van der Waals surface area (Å²) in [5, 5.41) is 39.0. The first kappa shape index (κ1) is 19.2. The minimum Gasteiger partial charge on any atom is -0.394 e. The van der Waals surface area contributed by atoms with E-state index >= 15 is 0 Å². The van der Waals surface area contributed by atoms with E-state index in [9.17, 15) is 20.4 Å². The Morgan fingerprint density at radius 2 is 1.70 bits per heavy atom. The van der Waals surface area contributed by atoms with Crippen molar-refractivity contribution >= 4 is 12.4 Å². The van der Waals surface area contributed by atoms with E-state index in [0.717, 1.165) is 0 Å². The van der Waals surface area contributed by atoms with Crippen LogP contribution in [0.3, 0.4) is 0 Å². The highest BCUT2D eigenvalue weighted by Crippen LogP contribution is 2.31. The van der Waals surface area contributed by atoms with Gasteiger partial charge in [-0.05, 0) is 0 Å². The van der Waals surface area contributed by atoms with Gasteiger partial charge in [-0.2, -0.15) is 0 Å². The third-order valence-corrected chi connectivity index (χ3v) is 4.36. The summed E-state index contributed by atoms with van der Waals surface area (Å²) in [6.07, 6.45) is -7.96. The molecule has 3 aliphatic heterocycles. The average molecular weight is 359 g/mol. The van der Waals surface area contributed by atoms with E-state index in [1.165, 1.54) is 0 Å². The average Bonchev–Trinajstić information content (AvgIpc) is 2.96. The summed E-state index contributed by atoms with van der Waals surface area (Å²) in [4.78, 5) is 0. The molecule has 10 atom stereocenters. The molecule has 3 heterocycles. The minimum absolute atomic E-state index is 0. The van der Waals surface area contributed by atoms with Gasteiger partial charge in [-0.15, -0.1) is 12.4 Å². The Balaban J connectivity index is 0.00000192. The van der Waals surface area contributed by atoms with Crippen LogP contribution in [0.5, 0.6) is 0 Å². The molecule has 0 amide bonds. The topological polar surface area (TPSA) is 170 Å². The van der Waals surface area contributed by atoms with E-state index in [1.807, 2.05) is 0 Å². The summed E-state index contributed by atoms with van der Waals surface area (Å²) in [6, 6.07) is -1.84. The van der Waals surface area contributed by atoms with E-state index in [4.69, 9.17) is 30.4 Å². The van der Waals surface area contributed by atoms with Crippen LogP contribution in [-0.2, 0) is 18.9 Å². The molecule has 3 fully saturated rings. The fourth-order valence-electron chi connectivity index (χ4n) is 2.96. The van der Waals surface area contributed by atoms with Crippen LogP contribution in [-0.4, -0.2) is 94.9 Å². The van der Waals surface area contributed by atoms with Gasteiger partial charge in [-0.1, -0.05) is 0 Å². The highest BCUT2D eigenvalue weighted by Gasteiger charge is 2.52. The lowest BCUT2D eigenvalue weighted by atomic mass is 9.96. The Hall–Kier alpha value is -0.110. The molecular weight excluding hydrogens is 336 g/mol. The molecule has 2 unspecified atom stereocenters. The van der Waals surface area contributed by atoms with Gasteiger partial charge < -0.3 is 50.8 Å². The van der Waals surface area contributed by atoms with Crippen LogP contribution in [0.4, 0.5) is 0 Å². The van der Waals surface area contributed by atoms with Crippen LogP contribution in [0.2, 0.25) is 0 Å². The summed E-state index contributed by atoms with van der Waals surface area (Å²) < 4.78 is 21.8. The molecule has 10 nitrogen and oxygen atoms in total. The SMILES string of the molecule is Cl.N[C@H]1[C@H](O[C@@H]2C3COC(O3)[C@H](N)[C@H]2O)O[C@H](CO)[C@@H](O)[C@@H]1O. The molecule has 0 aromatic heterocycles. The van der Waals surface area contributed by atoms with E-state index in [-0.39, 0.29) is 19.0 Å². The Kier molecular flexibility index (Phi) is 6.20. The maximum atomic E-state index is 10.2. The van der Waals surface area contributed by atoms with Crippen molar-refractivity contribution in [1.82, 2.24) is 0 Å². The van der Waals surface area contributed by atoms with Gasteiger partial charge in [0.05, 0.1) is 25.3 Å². The number of rotatable bonds is 3. The summed E-state index contributed by atoms with van der Waals surface area (Å²) in [6.45, 7) is -0.306. The van der Waals surface area contributed by atoms with Crippen molar-refractivity contribution in [2.24, 2.45) is 11.5 Å². The second-order valence-corrected chi connectivity index (χ2v) is 5.83. The van der Waals surface area contributed by atoms with Crippen molar-refractivity contribution < 1.29 is 39.4 Å². The predicted molar refractivity (Wildman–Crippen MR) is 76.5 cm³/mol. The number of halogens is 1. The van der Waals surface area contributed by atoms with Gasteiger partial charge in [0.25, 0.3) is 0 Å². The zero-order valence-corrected chi connectivity index (χ0v) is 13.0. The molecule has 0 aromatic rings. The smallest absolute Gasteiger partial charge is 0.176 e. The first-order valence-electron chi connectivity index (χ1n) is 7.18. The van der Waals surface area contributed by atoms with Gasteiger partial charge in [-0.3, -0.25) is 0 Å². The van der Waals surface area contributed by atoms with E-state index in [2.05, 4.69) is 0 Å². The van der Waals surface area contributed by atoms with Gasteiger partial charge in [0.15, 0.2) is 12.6 Å². The van der Waals surface area contributed by atoms with E-state index in [1.54, 1.807) is 0 Å². The number of nitrogens with two attached hydrogens (primary N) is 2. The summed E-state index contributed by atoms with van der Waals surface area (Å²) in [5.74, 6) is 0. The molecule has 0 aliphatic carbocycles. The number of aliphatic hydroxyl groups excluding tert-OH is 4. The van der Waals surface area contributed by atoms with Crippen molar-refractivity contribution in [3.63, 3.8) is 0 Å². The molecule has 3 aliphatic rings. The predicted octanol–water partition coefficient (Wildman–Crippen LogP) is -4.00. The number of fused-ring (bicyclic) bond motifs is 2. The summed E-state index contributed by atoms with van der Waals surface area (Å²) in [7, 11) is 0. The number of hydrogen-bond acceptors (Lipinski definition) is 10. The molecule has 136 valence electrons. The highest BCUT2D eigenvalue weighted by atomic mass is 35.5. The monoisotopic (exact) mass is 358 g/mol. The Morgan fingerprint density at radius 3 is 2.35 bits per heavy atom. The quantitative estimate of drug-likeness (QED) is 0.292. The Labute approximate surface area is 138 Å². The van der Waals surface area contributed by atoms with Crippen LogP contribution in [0.15, 0.2) is 0 Å². The lowest BCUT2D eigenvalue weighted by Crippen LogP contribution is -2.65. The Morgan fingerprint density at radius 1 is 1.00 bits per heavy atom. The standard InChI is InChI=1S/C12H22N2O8.ClH/c13-5-8(17)7(16)3(1-15)20-12(5)22-10-4-2-19-11(21-4)6(14)9(10)18;/h3-12,15-18H,1-2,13-14H2;1H/t3-,4?,5-,6-,7-,8-,9-,10-,11?,12+;/m1./s1. The number of aliphatic hydroxyl groups is 4. The molecule has 11 heteroatoms. The van der Waals surface area contributed by atoms with Crippen LogP contribution >= 0.6 is 12.4 Å². The van der Waals surface area contributed by atoms with Crippen molar-refractivity contribution in [3.8, 4) is 0 Å². The molecule has 3 saturated heterocycles. The van der Waals surface area contributed by atoms with E-state index in [0.29, 0.717) is 0 Å². The summed E-state index contributed by atoms with van der Waals surface area (Å²) in [5.41, 5.74) is 11.6. The van der Waals surface area contributed by atoms with Crippen molar-refractivity contribution in [2.75, 3.05) is 13.2 Å². The molecule has 0 radical (unpaired) electrons. The lowest BCUT2D eigenvalue weighted by Gasteiger charge is -2.44. The van der Waals surface area contributed by atoms with Crippen LogP contribution in [0.1, 0.15) is 0 Å². The molecule has 3 rings (SSSR count). The Bertz CT molecular complexity index is 405. The normalized spacial score (nSPS) is 53.0. The second kappa shape index (κ2) is 7.42. The maximum Gasteiger partial charge on any atom is 0.176 e. The first-order chi connectivity index (χ1) is 10.4. The second-order valence-electron chi connectivity index (χ2n) is 5.83. The minimum atomic E-state index is -1.33. The largest absolute Gasteiger partial charge is 0.394 e. The van der Waals surface area contributed by atoms with Crippen molar-refractivity contribution in [3.05, 3.63) is 0 Å². The fourth-order valence-corrected chi connectivity index (χ4v) is 2.96. The molecule has 8 N–H and O–H groups in total. The maximum absolute atomic E-state index is 10.2. The van der Waals surface area contributed by atoms with E-state index < -0.39 is 67.9 Å². The third kappa shape index (κ3) is 3.34. The first-order valence-corrected chi connectivity index (χ1v) is 7.18. The lowest BCUT2D eigenvalue weighted by molar-refractivity contribution is -0.304. The molecular formula is C12H23ClN2O8. The zero-order chi connectivity index (χ0) is 16.0. The number of hydrogen-bond donors (Lipinski definition) is 6. The van der Waals surface area contributed by atoms with Crippen molar-refractivity contribution in [1.29, 1.82) is 0 Å². The third-order valence-electron chi connectivity index (χ3n) is 4.36. The molecule has 0 saturated carbocycles. The fraction of sp³-hybridized carbons (Fsp3) is 1.00. The molecule has 23 heavy (non-hydrogen) atoms. The van der Waals surface area contributed by atoms with Gasteiger partial charge >= 0.3 is 0 Å². The molecule has 0 aromatic carbocycles. The van der Waals surface area contributed by atoms with Crippen LogP contribution < -0.4 is 11.5 Å². The molecule has 0 spiro atoms. The van der Waals surface area contributed by atoms with Gasteiger partial charge in [0.2, 0.25) is 0 Å². The summed E-state index contributed by atoms with van der Waals surface area (Å²) >= 11 is 0. The van der Waals surface area contributed by atoms with Crippen LogP contribution in [0, 0.1) is 0 Å². The van der Waals surface area contributed by atoms with Gasteiger partial charge in [-0.25, -0.2) is 0 Å². The number of ether oxygens (including phenoxy) is 4. The molecule has 2 bridgehead atoms. The zero-order valence-electron chi connectivity index (χ0n) is 12.2.